The Labute approximate surface area is 339 Å². The fraction of sp³-hybridized carbons (Fsp3) is 0.0182. The summed E-state index contributed by atoms with van der Waals surface area (Å²) in [5.41, 5.74) is 16.6. The van der Waals surface area contributed by atoms with E-state index in [1.54, 1.807) is 0 Å². The second-order valence-corrected chi connectivity index (χ2v) is 16.0. The summed E-state index contributed by atoms with van der Waals surface area (Å²) in [6, 6.07) is 69.2. The Morgan fingerprint density at radius 2 is 1.07 bits per heavy atom. The van der Waals surface area contributed by atoms with Crippen LogP contribution >= 0.6 is 0 Å². The van der Waals surface area contributed by atoms with Gasteiger partial charge in [-0.15, -0.1) is 0 Å². The summed E-state index contributed by atoms with van der Waals surface area (Å²) in [6.07, 6.45) is 1.91. The molecule has 0 bridgehead atoms. The summed E-state index contributed by atoms with van der Waals surface area (Å²) in [7, 11) is 0. The third-order valence-corrected chi connectivity index (χ3v) is 13.3. The molecule has 0 radical (unpaired) electrons. The van der Waals surface area contributed by atoms with E-state index in [-0.39, 0.29) is 0 Å². The van der Waals surface area contributed by atoms with Gasteiger partial charge in [0.1, 0.15) is 5.82 Å². The van der Waals surface area contributed by atoms with Crippen molar-refractivity contribution in [3.63, 3.8) is 0 Å². The molecule has 0 fully saturated rings. The SMILES string of the molecule is c1ccc(-c2nccc(N3c4ccccc4-n4c5ccc6ccc7ccccc7c6c5c5c6c(cc3c54)C3(c4ccccc4-c4ccccc43)c3ccccc3-6)n2)cc1. The van der Waals surface area contributed by atoms with E-state index in [0.29, 0.717) is 5.82 Å². The minimum Gasteiger partial charge on any atom is -0.305 e. The lowest BCUT2D eigenvalue weighted by atomic mass is 9.70. The molecular formula is C55H32N4. The van der Waals surface area contributed by atoms with Gasteiger partial charge in [-0.05, 0) is 96.4 Å². The Kier molecular flexibility index (Phi) is 5.93. The first-order chi connectivity index (χ1) is 29.3. The standard InChI is InChI=1S/C55H32N4/c1-2-15-35(16-3-1)54-56-31-30-48(57-54)58-44-24-12-13-25-45(44)59-46-29-28-34-27-26-33-14-4-5-17-36(33)49(34)51(46)52-50-39-20-8-11-23-42(39)55(43(50)32-47(58)53(52)59)40-21-9-6-18-37(40)38-19-7-10-22-41(38)55/h1-32H. The molecule has 0 unspecified atom stereocenters. The Bertz CT molecular complexity index is 3590. The molecule has 9 aromatic carbocycles. The van der Waals surface area contributed by atoms with E-state index in [0.717, 1.165) is 28.4 Å². The Hall–Kier alpha value is -7.82. The zero-order valence-electron chi connectivity index (χ0n) is 31.8. The third-order valence-electron chi connectivity index (χ3n) is 13.3. The van der Waals surface area contributed by atoms with Gasteiger partial charge in [0.25, 0.3) is 0 Å². The third kappa shape index (κ3) is 3.80. The first-order valence-electron chi connectivity index (χ1n) is 20.3. The zero-order valence-corrected chi connectivity index (χ0v) is 31.8. The highest BCUT2D eigenvalue weighted by molar-refractivity contribution is 6.33. The number of anilines is 3. The van der Waals surface area contributed by atoms with Crippen molar-refractivity contribution in [2.75, 3.05) is 4.90 Å². The van der Waals surface area contributed by atoms with Crippen molar-refractivity contribution in [1.29, 1.82) is 0 Å². The lowest BCUT2D eigenvalue weighted by molar-refractivity contribution is 0.794. The summed E-state index contributed by atoms with van der Waals surface area (Å²) in [4.78, 5) is 12.6. The van der Waals surface area contributed by atoms with Crippen LogP contribution in [0.15, 0.2) is 194 Å². The van der Waals surface area contributed by atoms with E-state index < -0.39 is 5.41 Å². The maximum atomic E-state index is 5.37. The van der Waals surface area contributed by atoms with E-state index >= 15 is 0 Å². The van der Waals surface area contributed by atoms with E-state index in [1.807, 2.05) is 24.4 Å². The molecule has 2 aliphatic carbocycles. The monoisotopic (exact) mass is 748 g/mol. The van der Waals surface area contributed by atoms with Crippen LogP contribution in [0.3, 0.4) is 0 Å². The maximum Gasteiger partial charge on any atom is 0.161 e. The number of hydrogen-bond donors (Lipinski definition) is 0. The molecule has 3 aliphatic rings. The van der Waals surface area contributed by atoms with Crippen LogP contribution in [-0.4, -0.2) is 14.5 Å². The highest BCUT2D eigenvalue weighted by Gasteiger charge is 2.53. The Morgan fingerprint density at radius 3 is 1.86 bits per heavy atom. The average Bonchev–Trinajstić information content (AvgIpc) is 3.92. The molecule has 59 heavy (non-hydrogen) atoms. The number of hydrogen-bond acceptors (Lipinski definition) is 3. The fourth-order valence-corrected chi connectivity index (χ4v) is 11.2. The fourth-order valence-electron chi connectivity index (χ4n) is 11.2. The van der Waals surface area contributed by atoms with Crippen LogP contribution in [0.5, 0.6) is 0 Å². The summed E-state index contributed by atoms with van der Waals surface area (Å²) >= 11 is 0. The quantitative estimate of drug-likeness (QED) is 0.165. The lowest BCUT2D eigenvalue weighted by Gasteiger charge is -2.35. The van der Waals surface area contributed by atoms with Gasteiger partial charge in [-0.25, -0.2) is 9.97 Å². The van der Waals surface area contributed by atoms with Crippen LogP contribution in [0.25, 0.3) is 82.7 Å². The van der Waals surface area contributed by atoms with Gasteiger partial charge >= 0.3 is 0 Å². The first-order valence-corrected chi connectivity index (χ1v) is 20.3. The summed E-state index contributed by atoms with van der Waals surface area (Å²) < 4.78 is 2.54. The van der Waals surface area contributed by atoms with Gasteiger partial charge in [-0.3, -0.25) is 4.90 Å². The number of aromatic nitrogens is 3. The zero-order chi connectivity index (χ0) is 38.4. The molecule has 4 nitrogen and oxygen atoms in total. The largest absolute Gasteiger partial charge is 0.305 e. The number of fused-ring (bicyclic) bond motifs is 20. The Balaban J connectivity index is 1.24. The molecule has 0 atom stereocenters. The van der Waals surface area contributed by atoms with Crippen LogP contribution in [0.1, 0.15) is 22.3 Å². The summed E-state index contributed by atoms with van der Waals surface area (Å²) in [5, 5.41) is 7.58. The molecule has 11 aromatic rings. The smallest absolute Gasteiger partial charge is 0.161 e. The van der Waals surface area contributed by atoms with Crippen LogP contribution in [0.2, 0.25) is 0 Å². The van der Waals surface area contributed by atoms with Gasteiger partial charge in [-0.2, -0.15) is 0 Å². The first kappa shape index (κ1) is 31.3. The molecule has 0 N–H and O–H groups in total. The maximum absolute atomic E-state index is 5.37. The van der Waals surface area contributed by atoms with Gasteiger partial charge < -0.3 is 4.57 Å². The molecule has 14 rings (SSSR count). The van der Waals surface area contributed by atoms with Crippen LogP contribution in [0, 0.1) is 0 Å². The van der Waals surface area contributed by atoms with Crippen molar-refractivity contribution < 1.29 is 0 Å². The number of para-hydroxylation sites is 2. The van der Waals surface area contributed by atoms with Crippen molar-refractivity contribution in [1.82, 2.24) is 14.5 Å². The minimum absolute atomic E-state index is 0.533. The van der Waals surface area contributed by atoms with E-state index in [9.17, 15) is 0 Å². The molecule has 2 aromatic heterocycles. The van der Waals surface area contributed by atoms with E-state index in [2.05, 4.69) is 179 Å². The highest BCUT2D eigenvalue weighted by atomic mass is 15.3. The number of nitrogens with zero attached hydrogens (tertiary/aromatic N) is 4. The van der Waals surface area contributed by atoms with Crippen LogP contribution < -0.4 is 4.90 Å². The molecule has 1 spiro atoms. The normalized spacial score (nSPS) is 13.9. The Morgan fingerprint density at radius 1 is 0.441 bits per heavy atom. The average molecular weight is 749 g/mol. The van der Waals surface area contributed by atoms with Crippen molar-refractivity contribution in [3.05, 3.63) is 217 Å². The second kappa shape index (κ2) is 11.2. The molecular weight excluding hydrogens is 717 g/mol. The van der Waals surface area contributed by atoms with Crippen LogP contribution in [0.4, 0.5) is 17.2 Å². The van der Waals surface area contributed by atoms with Crippen LogP contribution in [-0.2, 0) is 5.41 Å². The van der Waals surface area contributed by atoms with Crippen molar-refractivity contribution in [3.8, 4) is 39.3 Å². The number of rotatable bonds is 2. The lowest BCUT2D eigenvalue weighted by Crippen LogP contribution is -2.27. The van der Waals surface area contributed by atoms with Crippen molar-refractivity contribution in [2.24, 2.45) is 0 Å². The molecule has 1 aliphatic heterocycles. The van der Waals surface area contributed by atoms with Gasteiger partial charge in [0, 0.05) is 22.5 Å². The van der Waals surface area contributed by atoms with Crippen molar-refractivity contribution >= 4 is 60.5 Å². The van der Waals surface area contributed by atoms with Gasteiger partial charge in [0.05, 0.1) is 33.5 Å². The minimum atomic E-state index is -0.533. The van der Waals surface area contributed by atoms with Crippen molar-refractivity contribution in [2.45, 2.75) is 5.41 Å². The molecule has 3 heterocycles. The molecule has 0 amide bonds. The highest BCUT2D eigenvalue weighted by Crippen LogP contribution is 2.66. The molecule has 272 valence electrons. The molecule has 0 saturated carbocycles. The van der Waals surface area contributed by atoms with E-state index in [1.165, 1.54) is 87.9 Å². The van der Waals surface area contributed by atoms with E-state index in [4.69, 9.17) is 9.97 Å². The molecule has 0 saturated heterocycles. The van der Waals surface area contributed by atoms with Gasteiger partial charge in [0.2, 0.25) is 0 Å². The predicted molar refractivity (Wildman–Crippen MR) is 241 cm³/mol. The predicted octanol–water partition coefficient (Wildman–Crippen LogP) is 13.7. The summed E-state index contributed by atoms with van der Waals surface area (Å²) in [5.74, 6) is 1.53. The summed E-state index contributed by atoms with van der Waals surface area (Å²) in [6.45, 7) is 0. The van der Waals surface area contributed by atoms with Gasteiger partial charge in [-0.1, -0.05) is 158 Å². The number of benzene rings is 9. The van der Waals surface area contributed by atoms with Gasteiger partial charge in [0.15, 0.2) is 5.82 Å². The second-order valence-electron chi connectivity index (χ2n) is 16.0. The topological polar surface area (TPSA) is 34.0 Å². The molecule has 4 heteroatoms.